The maximum absolute atomic E-state index is 14.4. The first-order chi connectivity index (χ1) is 33.3. The van der Waals surface area contributed by atoms with Crippen LogP contribution in [0, 0.1) is 6.92 Å². The molecule has 1 unspecified atom stereocenters. The number of quaternary nitrogens is 1. The van der Waals surface area contributed by atoms with Gasteiger partial charge in [-0.05, 0) is 86.4 Å². The molecule has 2 fully saturated rings. The number of carbonyl (C=O) groups is 5. The zero-order chi connectivity index (χ0) is 50.7. The number of fused-ring (bicyclic) bond motifs is 1. The summed E-state index contributed by atoms with van der Waals surface area (Å²) in [5.74, 6) is -1.10. The molecule has 70 heavy (non-hydrogen) atoms. The highest BCUT2D eigenvalue weighted by molar-refractivity contribution is 7.92. The molecule has 0 radical (unpaired) electrons. The number of halogens is 1. The van der Waals surface area contributed by atoms with Crippen molar-refractivity contribution in [1.29, 1.82) is 0 Å². The lowest BCUT2D eigenvalue weighted by Gasteiger charge is -2.50. The van der Waals surface area contributed by atoms with E-state index >= 15 is 0 Å². The van der Waals surface area contributed by atoms with Gasteiger partial charge in [0.15, 0.2) is 34.6 Å². The van der Waals surface area contributed by atoms with Gasteiger partial charge >= 0.3 is 14.0 Å². The van der Waals surface area contributed by atoms with Gasteiger partial charge in [0.2, 0.25) is 5.37 Å². The van der Waals surface area contributed by atoms with Crippen molar-refractivity contribution in [3.63, 3.8) is 0 Å². The second-order valence-electron chi connectivity index (χ2n) is 18.0. The Balaban J connectivity index is 1.07. The second-order valence-corrected chi connectivity index (χ2v) is 21.0. The van der Waals surface area contributed by atoms with E-state index in [0.29, 0.717) is 47.3 Å². The number of carbonyl (C=O) groups excluding carboxylic acids is 5. The molecule has 18 nitrogen and oxygen atoms in total. The second kappa shape index (κ2) is 21.5. The smallest absolute Gasteiger partial charge is 0.337 e. The van der Waals surface area contributed by atoms with E-state index in [2.05, 4.69) is 15.5 Å². The van der Waals surface area contributed by atoms with Gasteiger partial charge in [0.05, 0.1) is 56.0 Å². The number of nitrogens with zero attached hydrogens (tertiary/aromatic N) is 5. The minimum atomic E-state index is -1.78. The lowest BCUT2D eigenvalue weighted by molar-refractivity contribution is -0.908. The van der Waals surface area contributed by atoms with Crippen LogP contribution in [0.3, 0.4) is 0 Å². The quantitative estimate of drug-likeness (QED) is 0.0351. The van der Waals surface area contributed by atoms with Crippen molar-refractivity contribution in [2.75, 3.05) is 53.7 Å². The van der Waals surface area contributed by atoms with Crippen molar-refractivity contribution in [1.82, 2.24) is 20.1 Å². The molecule has 370 valence electrons. The van der Waals surface area contributed by atoms with Gasteiger partial charge in [-0.25, -0.2) is 9.78 Å². The van der Waals surface area contributed by atoms with Crippen LogP contribution in [0.25, 0.3) is 0 Å². The largest absolute Gasteiger partial charge is 0.614 e. The molecule has 2 saturated heterocycles. The summed E-state index contributed by atoms with van der Waals surface area (Å²) >= 11 is 6.54. The third kappa shape index (κ3) is 11.1. The Bertz CT molecular complexity index is 2720. The minimum Gasteiger partial charge on any atom is -0.614 e. The number of rotatable bonds is 19. The Labute approximate surface area is 419 Å². The molecule has 4 heterocycles. The van der Waals surface area contributed by atoms with Gasteiger partial charge in [0, 0.05) is 18.3 Å². The maximum atomic E-state index is 14.4. The Hall–Kier alpha value is -6.13. The molecular formula is C48H55BClN6O12S2+. The summed E-state index contributed by atoms with van der Waals surface area (Å²) in [6, 6.07) is 16.7. The van der Waals surface area contributed by atoms with Crippen LogP contribution in [0.2, 0.25) is 5.02 Å². The molecule has 0 saturated carbocycles. The molecule has 0 bridgehead atoms. The number of hydrogen-bond donors (Lipinski definition) is 1. The molecular weight excluding hydrogens is 963 g/mol. The van der Waals surface area contributed by atoms with Crippen molar-refractivity contribution in [2.45, 2.75) is 70.4 Å². The fraction of sp³-hybridized carbons (Fsp3) is 0.396. The number of benzene rings is 3. The van der Waals surface area contributed by atoms with Gasteiger partial charge in [-0.1, -0.05) is 41.0 Å². The van der Waals surface area contributed by atoms with Gasteiger partial charge in [-0.15, -0.1) is 11.3 Å². The number of aryl methyl sites for hydroxylation is 1. The van der Waals surface area contributed by atoms with E-state index in [1.54, 1.807) is 43.6 Å². The summed E-state index contributed by atoms with van der Waals surface area (Å²) in [5, 5.41) is 7.83. The van der Waals surface area contributed by atoms with Crippen molar-refractivity contribution in [2.24, 2.45) is 5.16 Å². The number of Topliss-reactive ketones (excluding diaryl/α,β-unsaturated/α-hetero) is 1. The molecule has 4 aromatic rings. The van der Waals surface area contributed by atoms with Crippen LogP contribution in [0.15, 0.2) is 82.5 Å². The average molecular weight is 1020 g/mol. The Morgan fingerprint density at radius 2 is 1.63 bits per heavy atom. The first-order valence-corrected chi connectivity index (χ1v) is 24.9. The summed E-state index contributed by atoms with van der Waals surface area (Å²) in [4.78, 5) is 80.4. The van der Waals surface area contributed by atoms with Crippen molar-refractivity contribution >= 4 is 77.3 Å². The molecule has 0 spiro atoms. The van der Waals surface area contributed by atoms with Crippen LogP contribution in [0.1, 0.15) is 59.4 Å². The monoisotopic (exact) mass is 1020 g/mol. The van der Waals surface area contributed by atoms with Crippen molar-refractivity contribution in [3.05, 3.63) is 110 Å². The molecule has 3 aliphatic heterocycles. The molecule has 0 aliphatic carbocycles. The SMILES string of the molecule is BOC(=O)C1=C(C[N+](C)(C)[C@@H]2CCN(C(=O)c3ccc(OCc4ccc(OC)cc4)c(OCc4ccc(OC)cc4)c3Cl)C2)C[S+]([O-])[C@@H]2[C@H](NC(=O)/C(=N\OC(C)(C)C(C)=O)c3csc(C)n3)C(=O)N12. The van der Waals surface area contributed by atoms with E-state index in [1.807, 2.05) is 62.6 Å². The average Bonchev–Trinajstić information content (AvgIpc) is 4.02. The number of likely N-dealkylation sites (tertiary alicyclic amines) is 1. The predicted octanol–water partition coefficient (Wildman–Crippen LogP) is 4.12. The highest BCUT2D eigenvalue weighted by atomic mass is 35.5. The fourth-order valence-electron chi connectivity index (χ4n) is 8.17. The standard InChI is InChI=1S/C48H54BClN6O12S2/c1-27(57)48(3,4)68-53-39(36-25-69-28(2)51-36)43(58)52-40-45(60)55-41(47(61)67-49)31(26-70(62)46(40)55)22-56(5,6)32-19-20-54(21-32)44(59)35-17-18-37(65-23-29-9-13-33(63-7)14-10-29)42(38(35)50)66-24-30-11-15-34(64-8)16-12-30/h9-18,25,32,40,46H,19-24,26,49H2,1-8H3/p+1/b53-39-/t32-,40-,46-,70?/m1/s1. The fourth-order valence-corrected chi connectivity index (χ4v) is 10.7. The first kappa shape index (κ1) is 51.7. The number of methoxy groups -OCH3 is 2. The van der Waals surface area contributed by atoms with E-state index in [1.165, 1.54) is 40.2 Å². The van der Waals surface area contributed by atoms with Crippen LogP contribution in [-0.4, -0.2) is 144 Å². The first-order valence-electron chi connectivity index (χ1n) is 22.2. The normalized spacial score (nSPS) is 19.2. The van der Waals surface area contributed by atoms with Gasteiger partial charge in [-0.3, -0.25) is 24.1 Å². The number of oxime groups is 1. The molecule has 3 amide bonds. The number of nitrogens with one attached hydrogen (secondary N) is 1. The zero-order valence-electron chi connectivity index (χ0n) is 40.4. The van der Waals surface area contributed by atoms with Gasteiger partial charge < -0.3 is 47.7 Å². The van der Waals surface area contributed by atoms with Crippen LogP contribution in [0.4, 0.5) is 0 Å². The lowest BCUT2D eigenvalue weighted by atomic mass is 10.0. The topological polar surface area (TPSA) is 208 Å². The van der Waals surface area contributed by atoms with Crippen LogP contribution >= 0.6 is 22.9 Å². The number of aromatic nitrogens is 1. The summed E-state index contributed by atoms with van der Waals surface area (Å²) in [5.41, 5.74) is 0.833. The summed E-state index contributed by atoms with van der Waals surface area (Å²) in [7, 11) is 8.26. The highest BCUT2D eigenvalue weighted by Gasteiger charge is 2.62. The van der Waals surface area contributed by atoms with Crippen LogP contribution < -0.4 is 24.3 Å². The van der Waals surface area contributed by atoms with E-state index in [9.17, 15) is 28.5 Å². The molecule has 3 aliphatic rings. The number of ether oxygens (including phenoxy) is 4. The Morgan fingerprint density at radius 1 is 1.00 bits per heavy atom. The number of ketones is 1. The van der Waals surface area contributed by atoms with Crippen LogP contribution in [-0.2, 0) is 53.1 Å². The van der Waals surface area contributed by atoms with E-state index in [0.717, 1.165) is 16.0 Å². The highest BCUT2D eigenvalue weighted by Crippen LogP contribution is 2.41. The molecule has 3 aromatic carbocycles. The number of hydrogen-bond acceptors (Lipinski definition) is 15. The van der Waals surface area contributed by atoms with Crippen LogP contribution in [0.5, 0.6) is 23.0 Å². The molecule has 4 atom stereocenters. The van der Waals surface area contributed by atoms with Gasteiger partial charge in [0.25, 0.3) is 17.7 Å². The third-order valence-electron chi connectivity index (χ3n) is 12.6. The minimum absolute atomic E-state index is 0.0430. The summed E-state index contributed by atoms with van der Waals surface area (Å²) in [6.45, 7) is 7.27. The Morgan fingerprint density at radius 3 is 2.20 bits per heavy atom. The van der Waals surface area contributed by atoms with E-state index in [-0.39, 0.29) is 81.2 Å². The number of β-lactam (4-membered cyclic amide) rings is 1. The van der Waals surface area contributed by atoms with Crippen molar-refractivity contribution < 1.29 is 61.4 Å². The summed E-state index contributed by atoms with van der Waals surface area (Å²) in [6.07, 6.45) is 0.583. The number of amides is 3. The van der Waals surface area contributed by atoms with E-state index < -0.39 is 46.0 Å². The third-order valence-corrected chi connectivity index (χ3v) is 15.4. The van der Waals surface area contributed by atoms with Gasteiger partial charge in [-0.2, -0.15) is 0 Å². The molecule has 1 aromatic heterocycles. The number of thiazole rings is 1. The molecule has 7 rings (SSSR count). The predicted molar refractivity (Wildman–Crippen MR) is 264 cm³/mol. The summed E-state index contributed by atoms with van der Waals surface area (Å²) < 4.78 is 42.6. The Kier molecular flexibility index (Phi) is 15.9. The zero-order valence-corrected chi connectivity index (χ0v) is 42.8. The maximum Gasteiger partial charge on any atom is 0.337 e. The van der Waals surface area contributed by atoms with Crippen molar-refractivity contribution in [3.8, 4) is 23.0 Å². The molecule has 22 heteroatoms. The molecule has 1 N–H and O–H groups in total. The van der Waals surface area contributed by atoms with Gasteiger partial charge in [0.1, 0.15) is 54.4 Å². The van der Waals surface area contributed by atoms with E-state index in [4.69, 9.17) is 40.0 Å². The number of likely N-dealkylation sites (N-methyl/N-ethyl adjacent to an activating group) is 1. The lowest BCUT2D eigenvalue weighted by Crippen LogP contribution is -2.75.